The van der Waals surface area contributed by atoms with Gasteiger partial charge in [0.25, 0.3) is 0 Å². The molecule has 0 saturated carbocycles. The van der Waals surface area contributed by atoms with Crippen LogP contribution in [0.1, 0.15) is 12.5 Å². The van der Waals surface area contributed by atoms with E-state index in [2.05, 4.69) is 31.7 Å². The second kappa shape index (κ2) is 5.75. The van der Waals surface area contributed by atoms with Gasteiger partial charge < -0.3 is 10.6 Å². The number of fused-ring (bicyclic) bond motifs is 1. The van der Waals surface area contributed by atoms with Crippen molar-refractivity contribution >= 4 is 28.1 Å². The van der Waals surface area contributed by atoms with Crippen molar-refractivity contribution in [2.45, 2.75) is 13.8 Å². The highest BCUT2D eigenvalue weighted by atomic mass is 15.1. The van der Waals surface area contributed by atoms with Crippen LogP contribution in [0.15, 0.2) is 43.0 Å². The Morgan fingerprint density at radius 2 is 1.95 bits per heavy atom. The average molecular weight is 279 g/mol. The standard InChI is InChI=1S/C16H17N5/c1-3-18-15-11(2)16(20-10-19-15)21-14-6-4-5-12-7-8-17-9-13(12)14/h4-10H,3H2,1-2H3,(H2,18,19,20,21). The van der Waals surface area contributed by atoms with Crippen LogP contribution in [0.25, 0.3) is 10.8 Å². The zero-order valence-electron chi connectivity index (χ0n) is 12.1. The van der Waals surface area contributed by atoms with E-state index >= 15 is 0 Å². The molecule has 3 aromatic rings. The molecule has 2 aromatic heterocycles. The van der Waals surface area contributed by atoms with Gasteiger partial charge in [-0.05, 0) is 31.4 Å². The van der Waals surface area contributed by atoms with Gasteiger partial charge in [-0.2, -0.15) is 0 Å². The SMILES string of the molecule is CCNc1ncnc(Nc2cccc3ccncc23)c1C. The molecule has 2 N–H and O–H groups in total. The summed E-state index contributed by atoms with van der Waals surface area (Å²) in [5.41, 5.74) is 1.99. The van der Waals surface area contributed by atoms with Gasteiger partial charge in [0.05, 0.1) is 0 Å². The molecule has 0 amide bonds. The lowest BCUT2D eigenvalue weighted by molar-refractivity contribution is 1.09. The van der Waals surface area contributed by atoms with Gasteiger partial charge in [-0.25, -0.2) is 9.97 Å². The number of rotatable bonds is 4. The Morgan fingerprint density at radius 1 is 1.10 bits per heavy atom. The fraction of sp³-hybridized carbons (Fsp3) is 0.188. The summed E-state index contributed by atoms with van der Waals surface area (Å²) in [7, 11) is 0. The third-order valence-electron chi connectivity index (χ3n) is 3.37. The summed E-state index contributed by atoms with van der Waals surface area (Å²) in [5.74, 6) is 1.66. The molecule has 2 heterocycles. The molecule has 1 aromatic carbocycles. The van der Waals surface area contributed by atoms with Gasteiger partial charge in [0.2, 0.25) is 0 Å². The number of benzene rings is 1. The molecular weight excluding hydrogens is 262 g/mol. The number of hydrogen-bond acceptors (Lipinski definition) is 5. The zero-order chi connectivity index (χ0) is 14.7. The second-order valence-electron chi connectivity index (χ2n) is 4.75. The Balaban J connectivity index is 2.01. The second-order valence-corrected chi connectivity index (χ2v) is 4.75. The Kier molecular flexibility index (Phi) is 3.64. The predicted octanol–water partition coefficient (Wildman–Crippen LogP) is 3.51. The van der Waals surface area contributed by atoms with Crippen molar-refractivity contribution in [2.24, 2.45) is 0 Å². The molecule has 0 fully saturated rings. The first kappa shape index (κ1) is 13.3. The van der Waals surface area contributed by atoms with E-state index in [0.717, 1.165) is 40.2 Å². The van der Waals surface area contributed by atoms with E-state index in [4.69, 9.17) is 0 Å². The summed E-state index contributed by atoms with van der Waals surface area (Å²) in [5, 5.41) is 8.84. The maximum atomic E-state index is 4.34. The van der Waals surface area contributed by atoms with Gasteiger partial charge >= 0.3 is 0 Å². The Labute approximate surface area is 123 Å². The molecule has 0 saturated heterocycles. The van der Waals surface area contributed by atoms with E-state index < -0.39 is 0 Å². The molecule has 0 aliphatic carbocycles. The summed E-state index contributed by atoms with van der Waals surface area (Å²) in [6.45, 7) is 4.88. The molecule has 5 heteroatoms. The van der Waals surface area contributed by atoms with Gasteiger partial charge in [-0.15, -0.1) is 0 Å². The molecule has 0 aliphatic heterocycles. The summed E-state index contributed by atoms with van der Waals surface area (Å²) in [4.78, 5) is 12.8. The van der Waals surface area contributed by atoms with Crippen molar-refractivity contribution in [3.63, 3.8) is 0 Å². The third-order valence-corrected chi connectivity index (χ3v) is 3.37. The van der Waals surface area contributed by atoms with Crippen LogP contribution in [-0.2, 0) is 0 Å². The predicted molar refractivity (Wildman–Crippen MR) is 86.0 cm³/mol. The minimum Gasteiger partial charge on any atom is -0.370 e. The molecule has 0 spiro atoms. The highest BCUT2D eigenvalue weighted by Crippen LogP contribution is 2.27. The molecule has 3 rings (SSSR count). The van der Waals surface area contributed by atoms with Gasteiger partial charge in [0.15, 0.2) is 0 Å². The van der Waals surface area contributed by atoms with Crippen molar-refractivity contribution in [1.82, 2.24) is 15.0 Å². The Morgan fingerprint density at radius 3 is 2.81 bits per heavy atom. The lowest BCUT2D eigenvalue weighted by Gasteiger charge is -2.13. The quantitative estimate of drug-likeness (QED) is 0.765. The zero-order valence-corrected chi connectivity index (χ0v) is 12.1. The van der Waals surface area contributed by atoms with Gasteiger partial charge in [-0.3, -0.25) is 4.98 Å². The minimum absolute atomic E-state index is 0.803. The van der Waals surface area contributed by atoms with Crippen LogP contribution < -0.4 is 10.6 Å². The number of nitrogens with zero attached hydrogens (tertiary/aromatic N) is 3. The fourth-order valence-electron chi connectivity index (χ4n) is 2.27. The van der Waals surface area contributed by atoms with Crippen LogP contribution in [0.2, 0.25) is 0 Å². The van der Waals surface area contributed by atoms with Crippen molar-refractivity contribution in [3.8, 4) is 0 Å². The smallest absolute Gasteiger partial charge is 0.138 e. The largest absolute Gasteiger partial charge is 0.370 e. The maximum absolute atomic E-state index is 4.34. The monoisotopic (exact) mass is 279 g/mol. The topological polar surface area (TPSA) is 62.7 Å². The summed E-state index contributed by atoms with van der Waals surface area (Å²) >= 11 is 0. The van der Waals surface area contributed by atoms with E-state index in [1.54, 1.807) is 12.5 Å². The van der Waals surface area contributed by atoms with Gasteiger partial charge in [0.1, 0.15) is 18.0 Å². The van der Waals surface area contributed by atoms with E-state index in [0.29, 0.717) is 0 Å². The van der Waals surface area contributed by atoms with Crippen molar-refractivity contribution in [1.29, 1.82) is 0 Å². The molecule has 106 valence electrons. The van der Waals surface area contributed by atoms with E-state index in [1.807, 2.05) is 38.2 Å². The average Bonchev–Trinajstić information content (AvgIpc) is 2.52. The fourth-order valence-corrected chi connectivity index (χ4v) is 2.27. The van der Waals surface area contributed by atoms with E-state index in [9.17, 15) is 0 Å². The highest BCUT2D eigenvalue weighted by Gasteiger charge is 2.08. The first-order chi connectivity index (χ1) is 10.3. The first-order valence-corrected chi connectivity index (χ1v) is 6.95. The molecule has 0 atom stereocenters. The summed E-state index contributed by atoms with van der Waals surface area (Å²) < 4.78 is 0. The molecule has 21 heavy (non-hydrogen) atoms. The number of pyridine rings is 1. The van der Waals surface area contributed by atoms with Crippen LogP contribution in [0, 0.1) is 6.92 Å². The van der Waals surface area contributed by atoms with Crippen LogP contribution in [0.4, 0.5) is 17.3 Å². The van der Waals surface area contributed by atoms with Gasteiger partial charge in [0, 0.05) is 35.6 Å². The molecular formula is C16H17N5. The van der Waals surface area contributed by atoms with Crippen LogP contribution in [-0.4, -0.2) is 21.5 Å². The third kappa shape index (κ3) is 2.63. The van der Waals surface area contributed by atoms with Crippen molar-refractivity contribution in [2.75, 3.05) is 17.2 Å². The molecule has 0 aliphatic rings. The lowest BCUT2D eigenvalue weighted by Crippen LogP contribution is -2.05. The van der Waals surface area contributed by atoms with Crippen molar-refractivity contribution < 1.29 is 0 Å². The first-order valence-electron chi connectivity index (χ1n) is 6.95. The van der Waals surface area contributed by atoms with Crippen molar-refractivity contribution in [3.05, 3.63) is 48.5 Å². The molecule has 0 radical (unpaired) electrons. The number of nitrogens with one attached hydrogen (secondary N) is 2. The minimum atomic E-state index is 0.803. The van der Waals surface area contributed by atoms with Crippen LogP contribution in [0.5, 0.6) is 0 Å². The summed E-state index contributed by atoms with van der Waals surface area (Å²) in [6, 6.07) is 8.11. The number of aromatic nitrogens is 3. The molecule has 5 nitrogen and oxygen atoms in total. The van der Waals surface area contributed by atoms with E-state index in [1.165, 1.54) is 0 Å². The Hall–Kier alpha value is -2.69. The molecule has 0 unspecified atom stereocenters. The Bertz CT molecular complexity index is 764. The molecule has 0 bridgehead atoms. The lowest BCUT2D eigenvalue weighted by atomic mass is 10.1. The van der Waals surface area contributed by atoms with Crippen LogP contribution in [0.3, 0.4) is 0 Å². The highest BCUT2D eigenvalue weighted by molar-refractivity contribution is 5.94. The normalized spacial score (nSPS) is 10.6. The van der Waals surface area contributed by atoms with Gasteiger partial charge in [-0.1, -0.05) is 12.1 Å². The summed E-state index contributed by atoms with van der Waals surface area (Å²) in [6.07, 6.45) is 5.22. The number of hydrogen-bond donors (Lipinski definition) is 2. The maximum Gasteiger partial charge on any atom is 0.138 e. The van der Waals surface area contributed by atoms with Crippen LogP contribution >= 0.6 is 0 Å². The van der Waals surface area contributed by atoms with E-state index in [-0.39, 0.29) is 0 Å². The number of anilines is 3.